The number of rotatable bonds is 3. The molecule has 0 aromatic heterocycles. The van der Waals surface area contributed by atoms with E-state index in [1.165, 1.54) is 6.07 Å². The minimum atomic E-state index is -5.13. The number of ether oxygens (including phenoxy) is 1. The van der Waals surface area contributed by atoms with Crippen molar-refractivity contribution in [3.63, 3.8) is 0 Å². The molecule has 0 radical (unpaired) electrons. The maximum Gasteiger partial charge on any atom is 0.573 e. The van der Waals surface area contributed by atoms with Crippen molar-refractivity contribution in [2.45, 2.75) is 17.1 Å². The minimum absolute atomic E-state index is 0.0848. The topological polar surface area (TPSA) is 67.2 Å². The van der Waals surface area contributed by atoms with E-state index >= 15 is 0 Å². The van der Waals surface area contributed by atoms with Gasteiger partial charge in [-0.15, -0.1) is 24.8 Å². The molecule has 104 valence electrons. The molecular formula is C9H4Cl2F3NO3S. The molecule has 0 bridgehead atoms. The Morgan fingerprint density at radius 2 is 1.95 bits per heavy atom. The smallest absolute Gasteiger partial charge is 0.404 e. The average molecular weight is 334 g/mol. The molecule has 1 aromatic carbocycles. The molecule has 0 heterocycles. The van der Waals surface area contributed by atoms with Crippen molar-refractivity contribution in [3.05, 3.63) is 23.3 Å². The summed E-state index contributed by atoms with van der Waals surface area (Å²) in [5.41, 5.74) is -0.492. The highest BCUT2D eigenvalue weighted by atomic mass is 35.7. The lowest BCUT2D eigenvalue weighted by Crippen LogP contribution is -2.19. The van der Waals surface area contributed by atoms with E-state index in [0.717, 1.165) is 12.1 Å². The first-order valence-corrected chi connectivity index (χ1v) is 7.26. The highest BCUT2D eigenvalue weighted by Gasteiger charge is 2.35. The van der Waals surface area contributed by atoms with Crippen LogP contribution < -0.4 is 4.74 Å². The third kappa shape index (κ3) is 4.16. The van der Waals surface area contributed by atoms with Crippen molar-refractivity contribution in [2.24, 2.45) is 0 Å². The van der Waals surface area contributed by atoms with Crippen LogP contribution in [0.2, 0.25) is 0 Å². The number of benzene rings is 1. The summed E-state index contributed by atoms with van der Waals surface area (Å²) in [7, 11) is 0.421. The fourth-order valence-electron chi connectivity index (χ4n) is 1.27. The summed E-state index contributed by atoms with van der Waals surface area (Å²) in [5, 5.41) is 8.77. The number of hydrogen-bond acceptors (Lipinski definition) is 4. The number of alkyl halides is 4. The summed E-state index contributed by atoms with van der Waals surface area (Å²) in [5.74, 6) is -1.32. The molecule has 0 saturated heterocycles. The summed E-state index contributed by atoms with van der Waals surface area (Å²) >= 11 is 5.44. The van der Waals surface area contributed by atoms with Gasteiger partial charge in [0, 0.05) is 16.6 Å². The second-order valence-electron chi connectivity index (χ2n) is 3.20. The molecule has 0 spiro atoms. The highest BCUT2D eigenvalue weighted by Crippen LogP contribution is 2.35. The second-order valence-corrected chi connectivity index (χ2v) is 5.97. The Kier molecular flexibility index (Phi) is 4.55. The average Bonchev–Trinajstić information content (AvgIpc) is 2.23. The van der Waals surface area contributed by atoms with Gasteiger partial charge in [-0.3, -0.25) is 0 Å². The van der Waals surface area contributed by atoms with E-state index in [0.29, 0.717) is 0 Å². The normalized spacial score (nSPS) is 12.0. The van der Waals surface area contributed by atoms with Gasteiger partial charge in [-0.1, -0.05) is 0 Å². The Bertz CT molecular complexity index is 637. The molecule has 0 aliphatic rings. The van der Waals surface area contributed by atoms with Crippen LogP contribution in [-0.4, -0.2) is 14.8 Å². The zero-order valence-corrected chi connectivity index (χ0v) is 11.2. The van der Waals surface area contributed by atoms with Gasteiger partial charge in [0.1, 0.15) is 11.0 Å². The minimum Gasteiger partial charge on any atom is -0.404 e. The van der Waals surface area contributed by atoms with Crippen LogP contribution in [0.3, 0.4) is 0 Å². The zero-order valence-electron chi connectivity index (χ0n) is 8.83. The molecule has 0 N–H and O–H groups in total. The Hall–Kier alpha value is -1.17. The van der Waals surface area contributed by atoms with E-state index in [9.17, 15) is 21.6 Å². The largest absolute Gasteiger partial charge is 0.573 e. The van der Waals surface area contributed by atoms with Crippen LogP contribution in [0.4, 0.5) is 13.2 Å². The first kappa shape index (κ1) is 15.9. The molecule has 0 amide bonds. The van der Waals surface area contributed by atoms with Crippen LogP contribution in [0, 0.1) is 11.3 Å². The van der Waals surface area contributed by atoms with Gasteiger partial charge in [-0.05, 0) is 17.7 Å². The highest BCUT2D eigenvalue weighted by molar-refractivity contribution is 8.13. The Morgan fingerprint density at radius 3 is 2.32 bits per heavy atom. The van der Waals surface area contributed by atoms with E-state index in [1.54, 1.807) is 0 Å². The van der Waals surface area contributed by atoms with Gasteiger partial charge in [0.05, 0.1) is 5.56 Å². The Labute approximate surface area is 115 Å². The van der Waals surface area contributed by atoms with Gasteiger partial charge >= 0.3 is 6.36 Å². The second kappa shape index (κ2) is 5.45. The van der Waals surface area contributed by atoms with Gasteiger partial charge in [0.15, 0.2) is 5.75 Å². The van der Waals surface area contributed by atoms with Crippen molar-refractivity contribution in [2.75, 3.05) is 0 Å². The van der Waals surface area contributed by atoms with Crippen LogP contribution >= 0.6 is 22.3 Å². The molecule has 4 nitrogen and oxygen atoms in total. The van der Waals surface area contributed by atoms with E-state index in [-0.39, 0.29) is 11.4 Å². The van der Waals surface area contributed by atoms with Crippen molar-refractivity contribution >= 4 is 31.3 Å². The van der Waals surface area contributed by atoms with E-state index in [4.69, 9.17) is 27.5 Å². The lowest BCUT2D eigenvalue weighted by molar-refractivity contribution is -0.275. The first-order valence-electron chi connectivity index (χ1n) is 4.42. The number of nitriles is 1. The molecule has 0 fully saturated rings. The molecule has 10 heteroatoms. The number of hydrogen-bond donors (Lipinski definition) is 0. The van der Waals surface area contributed by atoms with Crippen LogP contribution in [0.25, 0.3) is 0 Å². The molecular weight excluding hydrogens is 330 g/mol. The number of nitrogens with zero attached hydrogens (tertiary/aromatic N) is 1. The van der Waals surface area contributed by atoms with Gasteiger partial charge in [-0.25, -0.2) is 8.42 Å². The summed E-state index contributed by atoms with van der Waals surface area (Å²) in [6.45, 7) is 0. The quantitative estimate of drug-likeness (QED) is 0.629. The van der Waals surface area contributed by atoms with E-state index < -0.39 is 31.6 Å². The molecule has 1 aromatic rings. The van der Waals surface area contributed by atoms with Crippen LogP contribution in [0.5, 0.6) is 5.75 Å². The summed E-state index contributed by atoms with van der Waals surface area (Å²) < 4.78 is 62.7. The molecule has 19 heavy (non-hydrogen) atoms. The third-order valence-corrected chi connectivity index (χ3v) is 3.54. The van der Waals surface area contributed by atoms with Crippen molar-refractivity contribution < 1.29 is 26.3 Å². The molecule has 1 rings (SSSR count). The standard InChI is InChI=1S/C9H4Cl2F3NO3S/c10-3-5-1-6(4-15)8(19(11,16)17)7(2-5)18-9(12,13)14/h1-2H,3H2. The van der Waals surface area contributed by atoms with Gasteiger partial charge in [-0.2, -0.15) is 5.26 Å². The van der Waals surface area contributed by atoms with Crippen LogP contribution in [-0.2, 0) is 14.9 Å². The van der Waals surface area contributed by atoms with E-state index in [1.807, 2.05) is 0 Å². The SMILES string of the molecule is N#Cc1cc(CCl)cc(OC(F)(F)F)c1S(=O)(=O)Cl. The molecule has 0 aliphatic carbocycles. The van der Waals surface area contributed by atoms with E-state index in [2.05, 4.69) is 4.74 Å². The molecule has 0 saturated carbocycles. The first-order chi connectivity index (χ1) is 8.58. The van der Waals surface area contributed by atoms with Gasteiger partial charge in [0.2, 0.25) is 0 Å². The van der Waals surface area contributed by atoms with Crippen molar-refractivity contribution in [1.29, 1.82) is 5.26 Å². The predicted molar refractivity (Wildman–Crippen MR) is 60.4 cm³/mol. The third-order valence-electron chi connectivity index (χ3n) is 1.86. The Morgan fingerprint density at radius 1 is 1.37 bits per heavy atom. The Balaban J connectivity index is 3.62. The van der Waals surface area contributed by atoms with Crippen LogP contribution in [0.15, 0.2) is 17.0 Å². The lowest BCUT2D eigenvalue weighted by atomic mass is 10.1. The predicted octanol–water partition coefficient (Wildman–Crippen LogP) is 3.12. The maximum absolute atomic E-state index is 12.2. The lowest BCUT2D eigenvalue weighted by Gasteiger charge is -2.13. The summed E-state index contributed by atoms with van der Waals surface area (Å²) in [4.78, 5) is -1.04. The molecule has 0 unspecified atom stereocenters. The van der Waals surface area contributed by atoms with Crippen molar-refractivity contribution in [1.82, 2.24) is 0 Å². The molecule has 0 atom stereocenters. The number of halogens is 5. The van der Waals surface area contributed by atoms with Gasteiger partial charge < -0.3 is 4.74 Å². The monoisotopic (exact) mass is 333 g/mol. The summed E-state index contributed by atoms with van der Waals surface area (Å²) in [6.07, 6.45) is -5.13. The summed E-state index contributed by atoms with van der Waals surface area (Å²) in [6, 6.07) is 3.21. The zero-order chi connectivity index (χ0) is 14.8. The van der Waals surface area contributed by atoms with Crippen molar-refractivity contribution in [3.8, 4) is 11.8 Å². The van der Waals surface area contributed by atoms with Gasteiger partial charge in [0.25, 0.3) is 9.05 Å². The molecule has 0 aliphatic heterocycles. The fourth-order valence-corrected chi connectivity index (χ4v) is 2.61. The van der Waals surface area contributed by atoms with Crippen LogP contribution in [0.1, 0.15) is 11.1 Å². The maximum atomic E-state index is 12.2. The fraction of sp³-hybridized carbons (Fsp3) is 0.222.